The lowest BCUT2D eigenvalue weighted by Crippen LogP contribution is -2.35. The van der Waals surface area contributed by atoms with Gasteiger partial charge in [0.25, 0.3) is 18.3 Å². The average molecular weight is 580 g/mol. The Kier molecular flexibility index (Phi) is 11.3. The van der Waals surface area contributed by atoms with Crippen LogP contribution in [0.3, 0.4) is 0 Å². The Balaban J connectivity index is 0.00000129. The van der Waals surface area contributed by atoms with Crippen LogP contribution in [0.4, 0.5) is 0 Å². The normalized spacial score (nSPS) is 20.3. The van der Waals surface area contributed by atoms with Gasteiger partial charge < -0.3 is 30.3 Å². The minimum atomic E-state index is -0.250. The van der Waals surface area contributed by atoms with Gasteiger partial charge in [-0.3, -0.25) is 19.2 Å². The molecule has 2 aromatic rings. The number of ether oxygens (including phenoxy) is 1. The fourth-order valence-corrected chi connectivity index (χ4v) is 5.98. The molecule has 1 atom stereocenters. The molecule has 1 saturated carbocycles. The van der Waals surface area contributed by atoms with Crippen molar-refractivity contribution in [3.05, 3.63) is 58.8 Å². The topological polar surface area (TPSA) is 141 Å². The van der Waals surface area contributed by atoms with Gasteiger partial charge in [-0.1, -0.05) is 43.2 Å². The van der Waals surface area contributed by atoms with E-state index in [1.165, 1.54) is 7.11 Å². The van der Waals surface area contributed by atoms with Crippen LogP contribution in [0, 0.1) is 0 Å². The highest BCUT2D eigenvalue weighted by molar-refractivity contribution is 6.03. The number of nitrogens with one attached hydrogen (secondary N) is 2. The van der Waals surface area contributed by atoms with Crippen molar-refractivity contribution in [1.82, 2.24) is 25.4 Å². The molecule has 1 unspecified atom stereocenters. The van der Waals surface area contributed by atoms with Gasteiger partial charge in [0.05, 0.1) is 24.9 Å². The summed E-state index contributed by atoms with van der Waals surface area (Å²) in [6, 6.07) is 11.9. The third-order valence-electron chi connectivity index (χ3n) is 8.12. The van der Waals surface area contributed by atoms with E-state index in [0.717, 1.165) is 50.6 Å². The van der Waals surface area contributed by atoms with Gasteiger partial charge in [0.2, 0.25) is 11.8 Å². The highest BCUT2D eigenvalue weighted by Crippen LogP contribution is 2.33. The molecule has 3 aliphatic rings. The van der Waals surface area contributed by atoms with Crippen LogP contribution in [0.1, 0.15) is 89.4 Å². The van der Waals surface area contributed by atoms with Crippen LogP contribution in [0.25, 0.3) is 0 Å². The molecule has 5 rings (SSSR count). The van der Waals surface area contributed by atoms with Gasteiger partial charge in [-0.05, 0) is 50.3 Å². The number of carbonyl (C=O) groups is 4. The molecule has 1 aliphatic carbocycles. The Hall–Kier alpha value is -3.99. The number of fused-ring (bicyclic) bond motifs is 1. The summed E-state index contributed by atoms with van der Waals surface area (Å²) < 4.78 is 5.54. The van der Waals surface area contributed by atoms with E-state index in [4.69, 9.17) is 14.6 Å². The lowest BCUT2D eigenvalue weighted by molar-refractivity contribution is -0.123. The van der Waals surface area contributed by atoms with Gasteiger partial charge in [0.1, 0.15) is 5.56 Å². The molecular weight excluding hydrogens is 538 g/mol. The summed E-state index contributed by atoms with van der Waals surface area (Å²) in [5.41, 5.74) is 2.62. The summed E-state index contributed by atoms with van der Waals surface area (Å²) in [5, 5.41) is 13.4. The van der Waals surface area contributed by atoms with Crippen molar-refractivity contribution in [2.75, 3.05) is 33.3 Å². The molecule has 2 aliphatic heterocycles. The zero-order valence-electron chi connectivity index (χ0n) is 24.2. The first kappa shape index (κ1) is 31.0. The monoisotopic (exact) mass is 579 g/mol. The average Bonchev–Trinajstić information content (AvgIpc) is 3.65. The minimum absolute atomic E-state index is 0.0108. The van der Waals surface area contributed by atoms with Crippen molar-refractivity contribution in [3.8, 4) is 5.88 Å². The number of methoxy groups -OCH3 is 1. The Bertz CT molecular complexity index is 1230. The number of carbonyl (C=O) groups excluding carboxylic acids is 3. The Morgan fingerprint density at radius 2 is 1.76 bits per heavy atom. The maximum Gasteiger partial charge on any atom is 0.290 e. The summed E-state index contributed by atoms with van der Waals surface area (Å²) in [7, 11) is 1.52. The van der Waals surface area contributed by atoms with Crippen LogP contribution < -0.4 is 15.4 Å². The summed E-state index contributed by atoms with van der Waals surface area (Å²) in [4.78, 5) is 56.4. The van der Waals surface area contributed by atoms with Crippen molar-refractivity contribution in [3.63, 3.8) is 0 Å². The quantitative estimate of drug-likeness (QED) is 0.469. The van der Waals surface area contributed by atoms with Gasteiger partial charge in [-0.15, -0.1) is 0 Å². The van der Waals surface area contributed by atoms with E-state index in [0.29, 0.717) is 55.8 Å². The zero-order valence-corrected chi connectivity index (χ0v) is 24.2. The van der Waals surface area contributed by atoms with E-state index >= 15 is 0 Å². The molecular formula is C31H41N5O6. The van der Waals surface area contributed by atoms with Gasteiger partial charge in [-0.25, -0.2) is 4.98 Å². The first-order valence-electron chi connectivity index (χ1n) is 14.8. The lowest BCUT2D eigenvalue weighted by Gasteiger charge is -2.24. The molecule has 0 bridgehead atoms. The van der Waals surface area contributed by atoms with E-state index in [2.05, 4.69) is 15.6 Å². The second-order valence-corrected chi connectivity index (χ2v) is 10.8. The van der Waals surface area contributed by atoms with Crippen LogP contribution in [0.5, 0.6) is 5.88 Å². The molecule has 3 N–H and O–H groups in total. The van der Waals surface area contributed by atoms with Crippen molar-refractivity contribution in [1.29, 1.82) is 0 Å². The summed E-state index contributed by atoms with van der Waals surface area (Å²) in [6.07, 6.45) is 7.01. The molecule has 0 spiro atoms. The van der Waals surface area contributed by atoms with E-state index in [-0.39, 0.29) is 42.2 Å². The van der Waals surface area contributed by atoms with E-state index in [1.54, 1.807) is 11.0 Å². The molecule has 3 heterocycles. The molecule has 1 aromatic carbocycles. The molecule has 0 radical (unpaired) electrons. The number of carboxylic acid groups (broad SMARTS) is 1. The highest BCUT2D eigenvalue weighted by atomic mass is 16.5. The fourth-order valence-electron chi connectivity index (χ4n) is 5.98. The Labute approximate surface area is 246 Å². The third-order valence-corrected chi connectivity index (χ3v) is 8.12. The standard InChI is InChI=1S/C30H39N5O4.CH2O2/c1-39-28-24(18-23-26(33-28)20-35(30(23)38)22-12-5-6-13-22)29(37)34-16-8-7-14-31-25(21-10-3-2-4-11-21)19-27(36)32-15-9-17-34;2-1-3/h2-4,10-11,18,22,25,31H,5-9,12-17,19-20H2,1H3,(H,32,36);1H,(H,2,3). The fraction of sp³-hybridized carbons (Fsp3) is 0.516. The lowest BCUT2D eigenvalue weighted by atomic mass is 10.0. The summed E-state index contributed by atoms with van der Waals surface area (Å²) >= 11 is 0. The van der Waals surface area contributed by atoms with Crippen molar-refractivity contribution >= 4 is 24.2 Å². The van der Waals surface area contributed by atoms with Gasteiger partial charge in [0.15, 0.2) is 0 Å². The van der Waals surface area contributed by atoms with Crippen LogP contribution in [0.15, 0.2) is 36.4 Å². The SMILES string of the molecule is COc1nc2c(cc1C(=O)N1CCCCNC(c3ccccc3)CC(=O)NCCC1)C(=O)N(C1CCCC1)C2.O=CO. The van der Waals surface area contributed by atoms with Crippen molar-refractivity contribution < 1.29 is 29.0 Å². The maximum absolute atomic E-state index is 13.8. The number of hydrogen-bond acceptors (Lipinski definition) is 7. The zero-order chi connectivity index (χ0) is 29.9. The Morgan fingerprint density at radius 1 is 1.05 bits per heavy atom. The van der Waals surface area contributed by atoms with Crippen LogP contribution in [-0.4, -0.2) is 83.4 Å². The van der Waals surface area contributed by atoms with E-state index < -0.39 is 0 Å². The van der Waals surface area contributed by atoms with Crippen LogP contribution in [-0.2, 0) is 16.1 Å². The minimum Gasteiger partial charge on any atom is -0.483 e. The largest absolute Gasteiger partial charge is 0.483 e. The van der Waals surface area contributed by atoms with E-state index in [9.17, 15) is 14.4 Å². The number of benzene rings is 1. The predicted molar refractivity (Wildman–Crippen MR) is 156 cm³/mol. The van der Waals surface area contributed by atoms with Crippen LogP contribution >= 0.6 is 0 Å². The molecule has 1 saturated heterocycles. The molecule has 226 valence electrons. The summed E-state index contributed by atoms with van der Waals surface area (Å²) in [6.45, 7) is 2.52. The number of nitrogens with zero attached hydrogens (tertiary/aromatic N) is 3. The molecule has 11 heteroatoms. The molecule has 1 aromatic heterocycles. The predicted octanol–water partition coefficient (Wildman–Crippen LogP) is 3.15. The van der Waals surface area contributed by atoms with Crippen LogP contribution in [0.2, 0.25) is 0 Å². The second kappa shape index (κ2) is 15.3. The third kappa shape index (κ3) is 7.64. The molecule has 42 heavy (non-hydrogen) atoms. The van der Waals surface area contributed by atoms with E-state index in [1.807, 2.05) is 35.2 Å². The Morgan fingerprint density at radius 3 is 2.48 bits per heavy atom. The summed E-state index contributed by atoms with van der Waals surface area (Å²) in [5.74, 6) is 0.0325. The van der Waals surface area contributed by atoms with Gasteiger partial charge >= 0.3 is 0 Å². The molecule has 3 amide bonds. The number of aromatic nitrogens is 1. The number of rotatable bonds is 4. The highest BCUT2D eigenvalue weighted by Gasteiger charge is 2.37. The van der Waals surface area contributed by atoms with Crippen molar-refractivity contribution in [2.24, 2.45) is 0 Å². The number of pyridine rings is 1. The molecule has 11 nitrogen and oxygen atoms in total. The smallest absolute Gasteiger partial charge is 0.290 e. The number of amides is 3. The molecule has 2 fully saturated rings. The second-order valence-electron chi connectivity index (χ2n) is 10.8. The van der Waals surface area contributed by atoms with Gasteiger partial charge in [0, 0.05) is 38.1 Å². The van der Waals surface area contributed by atoms with Crippen molar-refractivity contribution in [2.45, 2.75) is 70.0 Å². The number of hydrogen-bond donors (Lipinski definition) is 3. The first-order valence-corrected chi connectivity index (χ1v) is 14.8. The maximum atomic E-state index is 13.8. The first-order chi connectivity index (χ1) is 20.5. The van der Waals surface area contributed by atoms with Gasteiger partial charge in [-0.2, -0.15) is 0 Å².